The van der Waals surface area contributed by atoms with E-state index in [1.807, 2.05) is 12.3 Å². The number of ether oxygens (including phenoxy) is 1. The van der Waals surface area contributed by atoms with Crippen LogP contribution in [0.15, 0.2) is 12.1 Å². The summed E-state index contributed by atoms with van der Waals surface area (Å²) in [5.74, 6) is 4.94. The number of carbonyl (C=O) groups excluding carboxylic acids is 1. The molecule has 0 radical (unpaired) electrons. The van der Waals surface area contributed by atoms with Gasteiger partial charge in [0.2, 0.25) is 0 Å². The Bertz CT molecular complexity index is 366. The molecule has 0 atom stereocenters. The van der Waals surface area contributed by atoms with Gasteiger partial charge in [-0.25, -0.2) is 5.84 Å². The number of hydrazine groups is 1. The quantitative estimate of drug-likeness (QED) is 0.443. The third-order valence-corrected chi connectivity index (χ3v) is 2.05. The topological polar surface area (TPSA) is 64.3 Å². The molecule has 1 aromatic carbocycles. The van der Waals surface area contributed by atoms with Crippen molar-refractivity contribution in [3.05, 3.63) is 28.3 Å². The van der Waals surface area contributed by atoms with E-state index in [-0.39, 0.29) is 0 Å². The predicted molar refractivity (Wildman–Crippen MR) is 54.4 cm³/mol. The first kappa shape index (κ1) is 10.8. The Morgan fingerprint density at radius 1 is 1.57 bits per heavy atom. The number of nitrogens with one attached hydrogen (secondary N) is 1. The molecule has 0 saturated heterocycles. The van der Waals surface area contributed by atoms with Gasteiger partial charge < -0.3 is 4.74 Å². The fraction of sp³-hybridized carbons (Fsp3) is 0.222. The van der Waals surface area contributed by atoms with Gasteiger partial charge >= 0.3 is 0 Å². The highest BCUT2D eigenvalue weighted by Crippen LogP contribution is 2.29. The molecule has 4 nitrogen and oxygen atoms in total. The lowest BCUT2D eigenvalue weighted by molar-refractivity contribution is 0.0950. The summed E-state index contributed by atoms with van der Waals surface area (Å²) < 4.78 is 5.01. The van der Waals surface area contributed by atoms with Crippen molar-refractivity contribution in [2.24, 2.45) is 5.84 Å². The number of nitrogens with two attached hydrogens (primary N) is 1. The third-order valence-electron chi connectivity index (χ3n) is 1.77. The minimum Gasteiger partial charge on any atom is -0.494 e. The van der Waals surface area contributed by atoms with Crippen molar-refractivity contribution >= 4 is 17.5 Å². The summed E-state index contributed by atoms with van der Waals surface area (Å²) in [5, 5.41) is 0.395. The van der Waals surface area contributed by atoms with Gasteiger partial charge in [-0.05, 0) is 24.6 Å². The largest absolute Gasteiger partial charge is 0.494 e. The van der Waals surface area contributed by atoms with E-state index in [2.05, 4.69) is 0 Å². The number of rotatable bonds is 2. The second kappa shape index (κ2) is 4.30. The molecule has 76 valence electrons. The molecule has 0 heterocycles. The van der Waals surface area contributed by atoms with Crippen LogP contribution in [0.4, 0.5) is 0 Å². The number of hydrogen-bond acceptors (Lipinski definition) is 3. The number of methoxy groups -OCH3 is 1. The highest BCUT2D eigenvalue weighted by molar-refractivity contribution is 6.32. The summed E-state index contributed by atoms with van der Waals surface area (Å²) in [6.45, 7) is 1.83. The molecule has 0 aliphatic carbocycles. The number of carbonyl (C=O) groups is 1. The minimum absolute atomic E-state index is 0.333. The predicted octanol–water partition coefficient (Wildman–Crippen LogP) is 1.26. The van der Waals surface area contributed by atoms with E-state index in [1.54, 1.807) is 12.1 Å². The number of amides is 1. The zero-order chi connectivity index (χ0) is 10.7. The van der Waals surface area contributed by atoms with E-state index < -0.39 is 5.91 Å². The Kier molecular flexibility index (Phi) is 3.33. The first-order valence-electron chi connectivity index (χ1n) is 3.95. The smallest absolute Gasteiger partial charge is 0.269 e. The lowest BCUT2D eigenvalue weighted by atomic mass is 10.1. The van der Waals surface area contributed by atoms with E-state index in [0.29, 0.717) is 16.3 Å². The van der Waals surface area contributed by atoms with Crippen molar-refractivity contribution in [2.75, 3.05) is 7.11 Å². The molecule has 0 unspecified atom stereocenters. The van der Waals surface area contributed by atoms with Gasteiger partial charge in [-0.15, -0.1) is 0 Å². The lowest BCUT2D eigenvalue weighted by Crippen LogP contribution is -2.30. The van der Waals surface area contributed by atoms with E-state index in [9.17, 15) is 4.79 Å². The molecule has 0 fully saturated rings. The van der Waals surface area contributed by atoms with Crippen LogP contribution < -0.4 is 16.0 Å². The SMILES string of the molecule is COc1c(Cl)cc(C)cc1C(=O)NN. The Morgan fingerprint density at radius 2 is 2.21 bits per heavy atom. The summed E-state index contributed by atoms with van der Waals surface area (Å²) in [7, 11) is 1.45. The number of nitrogen functional groups attached to an aromatic ring is 1. The molecule has 0 bridgehead atoms. The summed E-state index contributed by atoms with van der Waals surface area (Å²) in [4.78, 5) is 11.3. The van der Waals surface area contributed by atoms with E-state index in [0.717, 1.165) is 5.56 Å². The third kappa shape index (κ3) is 1.97. The van der Waals surface area contributed by atoms with Gasteiger partial charge in [0.15, 0.2) is 0 Å². The standard InChI is InChI=1S/C9H11ClN2O2/c1-5-3-6(9(13)12-11)8(14-2)7(10)4-5/h3-4H,11H2,1-2H3,(H,12,13). The van der Waals surface area contributed by atoms with Crippen molar-refractivity contribution in [2.45, 2.75) is 6.92 Å². The molecule has 0 spiro atoms. The fourth-order valence-electron chi connectivity index (χ4n) is 1.18. The van der Waals surface area contributed by atoms with Crippen molar-refractivity contribution in [3.63, 3.8) is 0 Å². The Hall–Kier alpha value is -1.26. The Morgan fingerprint density at radius 3 is 2.71 bits per heavy atom. The van der Waals surface area contributed by atoms with Gasteiger partial charge in [-0.3, -0.25) is 10.2 Å². The van der Waals surface area contributed by atoms with Gasteiger partial charge in [-0.2, -0.15) is 0 Å². The minimum atomic E-state index is -0.424. The fourth-order valence-corrected chi connectivity index (χ4v) is 1.53. The molecule has 1 rings (SSSR count). The van der Waals surface area contributed by atoms with Crippen LogP contribution in [-0.2, 0) is 0 Å². The number of benzene rings is 1. The first-order chi connectivity index (χ1) is 6.60. The van der Waals surface area contributed by atoms with Crippen LogP contribution in [0.25, 0.3) is 0 Å². The molecule has 0 aromatic heterocycles. The monoisotopic (exact) mass is 214 g/mol. The molecule has 5 heteroatoms. The number of hydrogen-bond donors (Lipinski definition) is 2. The molecule has 14 heavy (non-hydrogen) atoms. The van der Waals surface area contributed by atoms with Crippen LogP contribution in [0.1, 0.15) is 15.9 Å². The van der Waals surface area contributed by atoms with Gasteiger partial charge in [0, 0.05) is 0 Å². The maximum Gasteiger partial charge on any atom is 0.269 e. The van der Waals surface area contributed by atoms with E-state index in [4.69, 9.17) is 22.2 Å². The van der Waals surface area contributed by atoms with Gasteiger partial charge in [0.25, 0.3) is 5.91 Å². The summed E-state index contributed by atoms with van der Waals surface area (Å²) in [6, 6.07) is 3.38. The maximum absolute atomic E-state index is 11.3. The lowest BCUT2D eigenvalue weighted by Gasteiger charge is -2.09. The molecular weight excluding hydrogens is 204 g/mol. The normalized spacial score (nSPS) is 9.71. The molecular formula is C9H11ClN2O2. The van der Waals surface area contributed by atoms with Crippen LogP contribution >= 0.6 is 11.6 Å². The van der Waals surface area contributed by atoms with E-state index >= 15 is 0 Å². The highest BCUT2D eigenvalue weighted by Gasteiger charge is 2.14. The van der Waals surface area contributed by atoms with Gasteiger partial charge in [-0.1, -0.05) is 11.6 Å². The second-order valence-corrected chi connectivity index (χ2v) is 3.21. The van der Waals surface area contributed by atoms with Crippen LogP contribution in [0, 0.1) is 6.92 Å². The molecule has 1 amide bonds. The molecule has 0 aliphatic rings. The molecule has 1 aromatic rings. The Labute approximate surface area is 87.0 Å². The van der Waals surface area contributed by atoms with Crippen molar-refractivity contribution in [1.29, 1.82) is 0 Å². The van der Waals surface area contributed by atoms with Crippen molar-refractivity contribution in [1.82, 2.24) is 5.43 Å². The molecule has 0 saturated carbocycles. The molecule has 0 aliphatic heterocycles. The van der Waals surface area contributed by atoms with Crippen molar-refractivity contribution < 1.29 is 9.53 Å². The van der Waals surface area contributed by atoms with Crippen molar-refractivity contribution in [3.8, 4) is 5.75 Å². The van der Waals surface area contributed by atoms with Crippen LogP contribution in [0.5, 0.6) is 5.75 Å². The van der Waals surface area contributed by atoms with Crippen LogP contribution in [-0.4, -0.2) is 13.0 Å². The summed E-state index contributed by atoms with van der Waals surface area (Å²) in [6.07, 6.45) is 0. The van der Waals surface area contributed by atoms with Gasteiger partial charge in [0.1, 0.15) is 5.75 Å². The van der Waals surface area contributed by atoms with Gasteiger partial charge in [0.05, 0.1) is 17.7 Å². The Balaban J connectivity index is 3.32. The van der Waals surface area contributed by atoms with Crippen LogP contribution in [0.3, 0.4) is 0 Å². The average molecular weight is 215 g/mol. The zero-order valence-corrected chi connectivity index (χ0v) is 8.68. The molecule has 3 N–H and O–H groups in total. The number of aryl methyl sites for hydroxylation is 1. The summed E-state index contributed by atoms with van der Waals surface area (Å²) >= 11 is 5.89. The highest BCUT2D eigenvalue weighted by atomic mass is 35.5. The second-order valence-electron chi connectivity index (χ2n) is 2.80. The number of halogens is 1. The van der Waals surface area contributed by atoms with Crippen LogP contribution in [0.2, 0.25) is 5.02 Å². The van der Waals surface area contributed by atoms with E-state index in [1.165, 1.54) is 7.11 Å². The average Bonchev–Trinajstić information content (AvgIpc) is 2.15. The first-order valence-corrected chi connectivity index (χ1v) is 4.33. The zero-order valence-electron chi connectivity index (χ0n) is 7.93. The summed E-state index contributed by atoms with van der Waals surface area (Å²) in [5.41, 5.74) is 3.24. The maximum atomic E-state index is 11.3.